The highest BCUT2D eigenvalue weighted by atomic mass is 79.9. The zero-order valence-corrected chi connectivity index (χ0v) is 15.5. The van der Waals surface area contributed by atoms with Gasteiger partial charge in [0.2, 0.25) is 5.78 Å². The Hall–Kier alpha value is -2.40. The largest absolute Gasteiger partial charge is 0.482 e. The van der Waals surface area contributed by atoms with Crippen molar-refractivity contribution in [3.05, 3.63) is 81.8 Å². The smallest absolute Gasteiger partial charge is 0.202 e. The van der Waals surface area contributed by atoms with Gasteiger partial charge in [-0.3, -0.25) is 4.79 Å². The van der Waals surface area contributed by atoms with Gasteiger partial charge in [-0.05, 0) is 56.3 Å². The fourth-order valence-electron chi connectivity index (χ4n) is 2.82. The van der Waals surface area contributed by atoms with Crippen molar-refractivity contribution in [1.29, 1.82) is 0 Å². The van der Waals surface area contributed by atoms with Crippen molar-refractivity contribution in [2.75, 3.05) is 6.61 Å². The number of benzene rings is 2. The molecule has 0 saturated heterocycles. The summed E-state index contributed by atoms with van der Waals surface area (Å²) >= 11 is 3.42. The number of carbonyl (C=O) groups is 1. The van der Waals surface area contributed by atoms with Crippen LogP contribution in [0.2, 0.25) is 0 Å². The van der Waals surface area contributed by atoms with E-state index < -0.39 is 5.82 Å². The predicted octanol–water partition coefficient (Wildman–Crippen LogP) is 5.26. The zero-order valence-electron chi connectivity index (χ0n) is 13.9. The van der Waals surface area contributed by atoms with Gasteiger partial charge in [-0.25, -0.2) is 4.39 Å². The van der Waals surface area contributed by atoms with Crippen molar-refractivity contribution < 1.29 is 13.9 Å². The van der Waals surface area contributed by atoms with Crippen LogP contribution in [0.15, 0.2) is 59.1 Å². The molecule has 0 aliphatic carbocycles. The van der Waals surface area contributed by atoms with E-state index in [9.17, 15) is 9.18 Å². The number of Topliss-reactive ketones (excluding diaryl/α,β-unsaturated/α-hetero) is 1. The second-order valence-electron chi connectivity index (χ2n) is 5.74. The molecule has 0 N–H and O–H groups in total. The summed E-state index contributed by atoms with van der Waals surface area (Å²) in [6.07, 6.45) is 0. The zero-order chi connectivity index (χ0) is 18.0. The monoisotopic (exact) mass is 401 g/mol. The number of aryl methyl sites for hydroxylation is 1. The van der Waals surface area contributed by atoms with Gasteiger partial charge in [-0.15, -0.1) is 0 Å². The van der Waals surface area contributed by atoms with Gasteiger partial charge in [0.25, 0.3) is 0 Å². The number of hydrogen-bond acceptors (Lipinski definition) is 2. The summed E-state index contributed by atoms with van der Waals surface area (Å²) in [5.41, 5.74) is 3.35. The molecule has 3 rings (SSSR count). The van der Waals surface area contributed by atoms with Gasteiger partial charge in [0.15, 0.2) is 18.2 Å². The number of ketones is 1. The molecule has 25 heavy (non-hydrogen) atoms. The molecule has 0 fully saturated rings. The van der Waals surface area contributed by atoms with Gasteiger partial charge in [0.05, 0.1) is 0 Å². The lowest BCUT2D eigenvalue weighted by atomic mass is 10.1. The minimum atomic E-state index is -0.476. The number of halogens is 2. The highest BCUT2D eigenvalue weighted by Crippen LogP contribution is 2.23. The van der Waals surface area contributed by atoms with Gasteiger partial charge in [-0.2, -0.15) is 0 Å². The van der Waals surface area contributed by atoms with Crippen LogP contribution in [0.25, 0.3) is 5.69 Å². The van der Waals surface area contributed by atoms with E-state index in [1.165, 1.54) is 12.1 Å². The Balaban J connectivity index is 1.83. The molecule has 0 spiro atoms. The normalized spacial score (nSPS) is 10.7. The summed E-state index contributed by atoms with van der Waals surface area (Å²) in [5, 5.41) is 0. The summed E-state index contributed by atoms with van der Waals surface area (Å²) in [5.74, 6) is -0.576. The third-order valence-corrected chi connectivity index (χ3v) is 4.54. The molecule has 0 aliphatic heterocycles. The van der Waals surface area contributed by atoms with Crippen LogP contribution in [0.1, 0.15) is 21.7 Å². The van der Waals surface area contributed by atoms with Gasteiger partial charge in [0, 0.05) is 27.1 Å². The predicted molar refractivity (Wildman–Crippen MR) is 99.2 cm³/mol. The summed E-state index contributed by atoms with van der Waals surface area (Å²) in [6.45, 7) is 3.64. The van der Waals surface area contributed by atoms with Crippen LogP contribution in [0.3, 0.4) is 0 Å². The second kappa shape index (κ2) is 7.23. The van der Waals surface area contributed by atoms with Crippen molar-refractivity contribution in [3.63, 3.8) is 0 Å². The van der Waals surface area contributed by atoms with E-state index in [-0.39, 0.29) is 18.1 Å². The number of rotatable bonds is 5. The molecule has 5 heteroatoms. The lowest BCUT2D eigenvalue weighted by molar-refractivity contribution is 0.0918. The van der Waals surface area contributed by atoms with Gasteiger partial charge >= 0.3 is 0 Å². The van der Waals surface area contributed by atoms with Crippen LogP contribution in [-0.2, 0) is 0 Å². The number of carbonyl (C=O) groups excluding carboxylic acids is 1. The standard InChI is InChI=1S/C20H17BrFNO2/c1-13-11-17(14(2)23(13)16-9-7-15(21)8-10-16)19(24)12-25-20-6-4-3-5-18(20)22/h3-11H,12H2,1-2H3. The molecule has 0 amide bonds. The van der Waals surface area contributed by atoms with Crippen LogP contribution in [0, 0.1) is 19.7 Å². The number of nitrogens with zero attached hydrogens (tertiary/aromatic N) is 1. The first-order valence-corrected chi connectivity index (χ1v) is 8.62. The maximum atomic E-state index is 13.6. The topological polar surface area (TPSA) is 31.2 Å². The average Bonchev–Trinajstić information content (AvgIpc) is 2.89. The number of para-hydroxylation sites is 1. The molecule has 1 heterocycles. The molecule has 128 valence electrons. The van der Waals surface area contributed by atoms with E-state index in [4.69, 9.17) is 4.74 Å². The van der Waals surface area contributed by atoms with E-state index in [2.05, 4.69) is 15.9 Å². The number of hydrogen-bond donors (Lipinski definition) is 0. The van der Waals surface area contributed by atoms with Crippen LogP contribution < -0.4 is 4.74 Å². The van der Waals surface area contributed by atoms with Gasteiger partial charge in [0.1, 0.15) is 0 Å². The molecule has 0 bridgehead atoms. The Labute approximate surface area is 154 Å². The fraction of sp³-hybridized carbons (Fsp3) is 0.150. The van der Waals surface area contributed by atoms with Crippen molar-refractivity contribution >= 4 is 21.7 Å². The molecule has 0 saturated carbocycles. The minimum absolute atomic E-state index is 0.0811. The molecule has 2 aromatic carbocycles. The first-order chi connectivity index (χ1) is 12.0. The van der Waals surface area contributed by atoms with Crippen LogP contribution >= 0.6 is 15.9 Å². The summed E-state index contributed by atoms with van der Waals surface area (Å²) in [6, 6.07) is 15.8. The molecule has 3 aromatic rings. The Bertz CT molecular complexity index is 916. The molecule has 3 nitrogen and oxygen atoms in total. The maximum absolute atomic E-state index is 13.6. The molecular formula is C20H17BrFNO2. The molecule has 0 atom stereocenters. The van der Waals surface area contributed by atoms with Crippen molar-refractivity contribution in [2.45, 2.75) is 13.8 Å². The van der Waals surface area contributed by atoms with E-state index in [0.717, 1.165) is 21.5 Å². The first-order valence-electron chi connectivity index (χ1n) is 7.83. The summed E-state index contributed by atoms with van der Waals surface area (Å²) < 4.78 is 21.9. The third-order valence-electron chi connectivity index (χ3n) is 4.01. The lowest BCUT2D eigenvalue weighted by Gasteiger charge is -2.10. The Morgan fingerprint density at radius 3 is 2.48 bits per heavy atom. The molecular weight excluding hydrogens is 385 g/mol. The van der Waals surface area contributed by atoms with Crippen LogP contribution in [0.4, 0.5) is 4.39 Å². The average molecular weight is 402 g/mol. The summed E-state index contributed by atoms with van der Waals surface area (Å²) in [4.78, 5) is 12.5. The van der Waals surface area contributed by atoms with Crippen LogP contribution in [-0.4, -0.2) is 17.0 Å². The number of ether oxygens (including phenoxy) is 1. The molecule has 1 aromatic heterocycles. The maximum Gasteiger partial charge on any atom is 0.202 e. The number of aromatic nitrogens is 1. The highest BCUT2D eigenvalue weighted by molar-refractivity contribution is 9.10. The minimum Gasteiger partial charge on any atom is -0.482 e. The molecule has 0 unspecified atom stereocenters. The van der Waals surface area contributed by atoms with E-state index in [0.29, 0.717) is 5.56 Å². The quantitative estimate of drug-likeness (QED) is 0.546. The lowest BCUT2D eigenvalue weighted by Crippen LogP contribution is -2.13. The SMILES string of the molecule is Cc1cc(C(=O)COc2ccccc2F)c(C)n1-c1ccc(Br)cc1. The fourth-order valence-corrected chi connectivity index (χ4v) is 3.08. The Morgan fingerprint density at radius 1 is 1.12 bits per heavy atom. The van der Waals surface area contributed by atoms with Gasteiger partial charge < -0.3 is 9.30 Å². The van der Waals surface area contributed by atoms with Crippen molar-refractivity contribution in [3.8, 4) is 11.4 Å². The van der Waals surface area contributed by atoms with Crippen molar-refractivity contribution in [2.24, 2.45) is 0 Å². The Kier molecular flexibility index (Phi) is 5.04. The van der Waals surface area contributed by atoms with E-state index in [1.54, 1.807) is 12.1 Å². The molecule has 0 aliphatic rings. The van der Waals surface area contributed by atoms with E-state index in [1.807, 2.05) is 48.7 Å². The van der Waals surface area contributed by atoms with Crippen molar-refractivity contribution in [1.82, 2.24) is 4.57 Å². The second-order valence-corrected chi connectivity index (χ2v) is 6.65. The third kappa shape index (κ3) is 3.66. The highest BCUT2D eigenvalue weighted by Gasteiger charge is 2.17. The summed E-state index contributed by atoms with van der Waals surface area (Å²) in [7, 11) is 0. The van der Waals surface area contributed by atoms with E-state index >= 15 is 0 Å². The molecule has 0 radical (unpaired) electrons. The Morgan fingerprint density at radius 2 is 1.80 bits per heavy atom. The first kappa shape index (κ1) is 17.4. The van der Waals surface area contributed by atoms with Crippen LogP contribution in [0.5, 0.6) is 5.75 Å². The van der Waals surface area contributed by atoms with Gasteiger partial charge in [-0.1, -0.05) is 28.1 Å².